The molecule has 4 rings (SSSR count). The SMILES string of the molecule is Cc1ccc(CN(C(=O)c2oc3ccc(C)cc3c2C)c2ccccn2)cc1. The lowest BCUT2D eigenvalue weighted by Gasteiger charge is -2.21. The smallest absolute Gasteiger partial charge is 0.295 e. The summed E-state index contributed by atoms with van der Waals surface area (Å²) in [4.78, 5) is 19.6. The third-order valence-electron chi connectivity index (χ3n) is 4.92. The lowest BCUT2D eigenvalue weighted by molar-refractivity contribution is 0.0959. The van der Waals surface area contributed by atoms with E-state index in [4.69, 9.17) is 4.42 Å². The summed E-state index contributed by atoms with van der Waals surface area (Å²) in [7, 11) is 0. The number of hydrogen-bond acceptors (Lipinski definition) is 3. The fourth-order valence-electron chi connectivity index (χ4n) is 3.31. The molecule has 2 aromatic carbocycles. The van der Waals surface area contributed by atoms with Gasteiger partial charge in [0.25, 0.3) is 5.91 Å². The summed E-state index contributed by atoms with van der Waals surface area (Å²) in [5.74, 6) is 0.771. The summed E-state index contributed by atoms with van der Waals surface area (Å²) in [6.45, 7) is 6.43. The van der Waals surface area contributed by atoms with Gasteiger partial charge in [0.1, 0.15) is 11.4 Å². The number of amides is 1. The first kappa shape index (κ1) is 18.0. The summed E-state index contributed by atoms with van der Waals surface area (Å²) in [5.41, 5.74) is 4.94. The second kappa shape index (κ2) is 7.31. The lowest BCUT2D eigenvalue weighted by Crippen LogP contribution is -2.31. The Morgan fingerprint density at radius 1 is 0.964 bits per heavy atom. The van der Waals surface area contributed by atoms with E-state index in [9.17, 15) is 4.79 Å². The van der Waals surface area contributed by atoms with Crippen LogP contribution in [0, 0.1) is 20.8 Å². The number of aryl methyl sites for hydroxylation is 3. The minimum Gasteiger partial charge on any atom is -0.451 e. The number of pyridine rings is 1. The molecule has 28 heavy (non-hydrogen) atoms. The van der Waals surface area contributed by atoms with Gasteiger partial charge in [0, 0.05) is 17.1 Å². The number of aromatic nitrogens is 1. The minimum atomic E-state index is -0.189. The van der Waals surface area contributed by atoms with Crippen LogP contribution in [0.15, 0.2) is 71.3 Å². The van der Waals surface area contributed by atoms with Crippen LogP contribution in [0.25, 0.3) is 11.0 Å². The first-order valence-corrected chi connectivity index (χ1v) is 9.31. The Kier molecular flexibility index (Phi) is 4.70. The summed E-state index contributed by atoms with van der Waals surface area (Å²) >= 11 is 0. The molecule has 0 unspecified atom stereocenters. The zero-order valence-corrected chi connectivity index (χ0v) is 16.3. The molecule has 4 heteroatoms. The van der Waals surface area contributed by atoms with E-state index in [-0.39, 0.29) is 5.91 Å². The van der Waals surface area contributed by atoms with E-state index in [1.54, 1.807) is 11.1 Å². The molecule has 2 heterocycles. The Hall–Kier alpha value is -3.40. The van der Waals surface area contributed by atoms with Crippen molar-refractivity contribution in [3.8, 4) is 0 Å². The van der Waals surface area contributed by atoms with Gasteiger partial charge >= 0.3 is 0 Å². The van der Waals surface area contributed by atoms with Crippen molar-refractivity contribution in [1.82, 2.24) is 4.98 Å². The number of furan rings is 1. The van der Waals surface area contributed by atoms with E-state index in [1.165, 1.54) is 5.56 Å². The summed E-state index contributed by atoms with van der Waals surface area (Å²) in [5, 5.41) is 0.972. The fraction of sp³-hybridized carbons (Fsp3) is 0.167. The van der Waals surface area contributed by atoms with E-state index in [0.29, 0.717) is 18.1 Å². The molecule has 0 saturated heterocycles. The molecule has 0 aliphatic carbocycles. The van der Waals surface area contributed by atoms with Crippen LogP contribution in [0.3, 0.4) is 0 Å². The van der Waals surface area contributed by atoms with E-state index in [1.807, 2.05) is 75.4 Å². The number of benzene rings is 2. The van der Waals surface area contributed by atoms with E-state index in [2.05, 4.69) is 11.1 Å². The molecular formula is C24H22N2O2. The first-order chi connectivity index (χ1) is 13.5. The molecule has 4 nitrogen and oxygen atoms in total. The molecule has 0 bridgehead atoms. The van der Waals surface area contributed by atoms with Gasteiger partial charge in [-0.1, -0.05) is 47.5 Å². The maximum atomic E-state index is 13.5. The van der Waals surface area contributed by atoms with Crippen molar-refractivity contribution in [1.29, 1.82) is 0 Å². The highest BCUT2D eigenvalue weighted by atomic mass is 16.3. The molecule has 0 atom stereocenters. The van der Waals surface area contributed by atoms with E-state index >= 15 is 0 Å². The molecular weight excluding hydrogens is 348 g/mol. The normalized spacial score (nSPS) is 11.0. The van der Waals surface area contributed by atoms with Crippen LogP contribution in [0.1, 0.15) is 32.8 Å². The molecule has 0 radical (unpaired) electrons. The van der Waals surface area contributed by atoms with Gasteiger partial charge in [0.15, 0.2) is 5.76 Å². The summed E-state index contributed by atoms with van der Waals surface area (Å²) in [6, 6.07) is 19.7. The van der Waals surface area contributed by atoms with Crippen molar-refractivity contribution in [2.75, 3.05) is 4.90 Å². The predicted octanol–water partition coefficient (Wildman–Crippen LogP) is 5.60. The molecule has 0 aliphatic rings. The number of carbonyl (C=O) groups is 1. The molecule has 0 spiro atoms. The van der Waals surface area contributed by atoms with Crippen LogP contribution in [0.5, 0.6) is 0 Å². The molecule has 2 aromatic heterocycles. The molecule has 0 N–H and O–H groups in total. The molecule has 0 aliphatic heterocycles. The minimum absolute atomic E-state index is 0.189. The van der Waals surface area contributed by atoms with Gasteiger partial charge in [0.2, 0.25) is 0 Å². The number of carbonyl (C=O) groups excluding carboxylic acids is 1. The van der Waals surface area contributed by atoms with E-state index < -0.39 is 0 Å². The van der Waals surface area contributed by atoms with Gasteiger partial charge in [-0.15, -0.1) is 0 Å². The van der Waals surface area contributed by atoms with Crippen LogP contribution < -0.4 is 4.90 Å². The largest absolute Gasteiger partial charge is 0.451 e. The second-order valence-corrected chi connectivity index (χ2v) is 7.12. The maximum absolute atomic E-state index is 13.5. The van der Waals surface area contributed by atoms with Crippen molar-refractivity contribution in [2.24, 2.45) is 0 Å². The van der Waals surface area contributed by atoms with Gasteiger partial charge < -0.3 is 4.42 Å². The average Bonchev–Trinajstić information content (AvgIpc) is 3.04. The topological polar surface area (TPSA) is 46.3 Å². The van der Waals surface area contributed by atoms with E-state index in [0.717, 1.165) is 27.7 Å². The van der Waals surface area contributed by atoms with Crippen LogP contribution in [-0.4, -0.2) is 10.9 Å². The lowest BCUT2D eigenvalue weighted by atomic mass is 10.1. The average molecular weight is 370 g/mol. The van der Waals surface area contributed by atoms with Gasteiger partial charge in [-0.2, -0.15) is 0 Å². The number of rotatable bonds is 4. The number of anilines is 1. The number of nitrogens with zero attached hydrogens (tertiary/aromatic N) is 2. The third kappa shape index (κ3) is 3.41. The highest BCUT2D eigenvalue weighted by Crippen LogP contribution is 2.28. The molecule has 140 valence electrons. The van der Waals surface area contributed by atoms with Crippen molar-refractivity contribution in [2.45, 2.75) is 27.3 Å². The Labute approximate surface area is 164 Å². The number of hydrogen-bond donors (Lipinski definition) is 0. The van der Waals surface area contributed by atoms with Crippen LogP contribution in [-0.2, 0) is 6.54 Å². The third-order valence-corrected chi connectivity index (χ3v) is 4.92. The summed E-state index contributed by atoms with van der Waals surface area (Å²) in [6.07, 6.45) is 1.69. The van der Waals surface area contributed by atoms with Crippen LogP contribution in [0.2, 0.25) is 0 Å². The van der Waals surface area contributed by atoms with Gasteiger partial charge in [-0.3, -0.25) is 9.69 Å². The van der Waals surface area contributed by atoms with Crippen molar-refractivity contribution in [3.63, 3.8) is 0 Å². The molecule has 1 amide bonds. The molecule has 0 fully saturated rings. The van der Waals surface area contributed by atoms with Gasteiger partial charge in [-0.05, 0) is 50.6 Å². The Morgan fingerprint density at radius 3 is 2.43 bits per heavy atom. The Bertz CT molecular complexity index is 1130. The Balaban J connectivity index is 1.77. The maximum Gasteiger partial charge on any atom is 0.295 e. The van der Waals surface area contributed by atoms with Crippen molar-refractivity contribution >= 4 is 22.7 Å². The molecule has 0 saturated carbocycles. The number of fused-ring (bicyclic) bond motifs is 1. The standard InChI is InChI=1S/C24H22N2O2/c1-16-7-10-19(11-8-16)15-26(22-6-4-5-13-25-22)24(27)23-18(3)20-14-17(2)9-12-21(20)28-23/h4-14H,15H2,1-3H3. The highest BCUT2D eigenvalue weighted by molar-refractivity contribution is 6.07. The predicted molar refractivity (Wildman–Crippen MR) is 112 cm³/mol. The van der Waals surface area contributed by atoms with Crippen molar-refractivity contribution in [3.05, 3.63) is 94.9 Å². The van der Waals surface area contributed by atoms with Gasteiger partial charge in [-0.25, -0.2) is 4.98 Å². The van der Waals surface area contributed by atoms with Crippen LogP contribution in [0.4, 0.5) is 5.82 Å². The first-order valence-electron chi connectivity index (χ1n) is 9.31. The monoisotopic (exact) mass is 370 g/mol. The quantitative estimate of drug-likeness (QED) is 0.470. The zero-order valence-electron chi connectivity index (χ0n) is 16.3. The molecule has 4 aromatic rings. The summed E-state index contributed by atoms with van der Waals surface area (Å²) < 4.78 is 5.96. The zero-order chi connectivity index (χ0) is 19.7. The Morgan fingerprint density at radius 2 is 1.71 bits per heavy atom. The highest BCUT2D eigenvalue weighted by Gasteiger charge is 2.25. The van der Waals surface area contributed by atoms with Gasteiger partial charge in [0.05, 0.1) is 6.54 Å². The second-order valence-electron chi connectivity index (χ2n) is 7.12. The van der Waals surface area contributed by atoms with Crippen LogP contribution >= 0.6 is 0 Å². The fourth-order valence-corrected chi connectivity index (χ4v) is 3.31. The van der Waals surface area contributed by atoms with Crippen molar-refractivity contribution < 1.29 is 9.21 Å².